The van der Waals surface area contributed by atoms with E-state index in [1.807, 2.05) is 30.3 Å². The van der Waals surface area contributed by atoms with Crippen LogP contribution in [-0.2, 0) is 25.7 Å². The lowest BCUT2D eigenvalue weighted by atomic mass is 9.98. The maximum absolute atomic E-state index is 11.3. The number of rotatable bonds is 12. The molecule has 0 radical (unpaired) electrons. The molecular formula is C28H32O7. The lowest BCUT2D eigenvalue weighted by Gasteiger charge is -2.14. The van der Waals surface area contributed by atoms with Crippen LogP contribution in [0.1, 0.15) is 32.6 Å². The Hall–Kier alpha value is -3.87. The summed E-state index contributed by atoms with van der Waals surface area (Å²) in [5.41, 5.74) is 4.55. The number of hydrogen-bond acceptors (Lipinski definition) is 6. The highest BCUT2D eigenvalue weighted by atomic mass is 16.5. The lowest BCUT2D eigenvalue weighted by Crippen LogP contribution is -2.02. The molecule has 35 heavy (non-hydrogen) atoms. The molecule has 0 heterocycles. The van der Waals surface area contributed by atoms with Crippen molar-refractivity contribution in [3.63, 3.8) is 0 Å². The van der Waals surface area contributed by atoms with Crippen molar-refractivity contribution in [3.05, 3.63) is 76.3 Å². The Morgan fingerprint density at radius 3 is 1.54 bits per heavy atom. The molecule has 1 N–H and O–H groups in total. The summed E-state index contributed by atoms with van der Waals surface area (Å²) in [6.07, 6.45) is 3.13. The summed E-state index contributed by atoms with van der Waals surface area (Å²) in [5, 5.41) is 9.29. The maximum Gasteiger partial charge on any atom is 0.339 e. The van der Waals surface area contributed by atoms with Crippen LogP contribution in [-0.4, -0.2) is 46.6 Å². The van der Waals surface area contributed by atoms with Crippen molar-refractivity contribution in [2.24, 2.45) is 0 Å². The number of hydrogen-bond donors (Lipinski definition) is 1. The van der Waals surface area contributed by atoms with Crippen molar-refractivity contribution in [2.75, 3.05) is 35.5 Å². The van der Waals surface area contributed by atoms with Gasteiger partial charge in [-0.1, -0.05) is 12.1 Å². The van der Waals surface area contributed by atoms with E-state index in [9.17, 15) is 9.90 Å². The number of benzene rings is 3. The van der Waals surface area contributed by atoms with E-state index in [0.29, 0.717) is 23.0 Å². The molecule has 0 aliphatic rings. The molecule has 0 aliphatic heterocycles. The molecule has 0 aromatic heterocycles. The van der Waals surface area contributed by atoms with Gasteiger partial charge in [0.2, 0.25) is 5.75 Å². The predicted octanol–water partition coefficient (Wildman–Crippen LogP) is 5.00. The molecule has 3 rings (SSSR count). The van der Waals surface area contributed by atoms with Crippen LogP contribution in [0.3, 0.4) is 0 Å². The summed E-state index contributed by atoms with van der Waals surface area (Å²) in [6, 6.07) is 15.4. The fourth-order valence-corrected chi connectivity index (χ4v) is 4.06. The number of aryl methyl sites for hydroxylation is 4. The molecule has 0 aliphatic carbocycles. The smallest absolute Gasteiger partial charge is 0.339 e. The zero-order valence-corrected chi connectivity index (χ0v) is 20.8. The molecule has 3 aromatic rings. The Balaban J connectivity index is 1.75. The Bertz CT molecular complexity index is 1140. The summed E-state index contributed by atoms with van der Waals surface area (Å²) in [5.74, 6) is 2.02. The van der Waals surface area contributed by atoms with E-state index < -0.39 is 5.97 Å². The predicted molar refractivity (Wildman–Crippen MR) is 134 cm³/mol. The van der Waals surface area contributed by atoms with Gasteiger partial charge in [0.1, 0.15) is 17.1 Å². The molecule has 0 amide bonds. The second-order valence-corrected chi connectivity index (χ2v) is 8.06. The largest absolute Gasteiger partial charge is 0.497 e. The van der Waals surface area contributed by atoms with Crippen LogP contribution in [0, 0.1) is 0 Å². The third-order valence-electron chi connectivity index (χ3n) is 5.89. The average Bonchev–Trinajstić information content (AvgIpc) is 2.89. The van der Waals surface area contributed by atoms with Gasteiger partial charge in [-0.15, -0.1) is 0 Å². The Morgan fingerprint density at radius 2 is 1.09 bits per heavy atom. The van der Waals surface area contributed by atoms with Crippen molar-refractivity contribution in [1.29, 1.82) is 0 Å². The van der Waals surface area contributed by atoms with Crippen molar-refractivity contribution in [3.8, 4) is 28.7 Å². The molecule has 0 fully saturated rings. The summed E-state index contributed by atoms with van der Waals surface area (Å²) in [4.78, 5) is 11.3. The number of methoxy groups -OCH3 is 5. The van der Waals surface area contributed by atoms with Crippen molar-refractivity contribution >= 4 is 5.97 Å². The van der Waals surface area contributed by atoms with Crippen molar-refractivity contribution < 1.29 is 33.6 Å². The number of ether oxygens (including phenoxy) is 5. The van der Waals surface area contributed by atoms with Crippen LogP contribution >= 0.6 is 0 Å². The van der Waals surface area contributed by atoms with E-state index >= 15 is 0 Å². The summed E-state index contributed by atoms with van der Waals surface area (Å²) in [6.45, 7) is 0. The first kappa shape index (κ1) is 25.7. The summed E-state index contributed by atoms with van der Waals surface area (Å²) >= 11 is 0. The van der Waals surface area contributed by atoms with Gasteiger partial charge in [-0.2, -0.15) is 0 Å². The van der Waals surface area contributed by atoms with Gasteiger partial charge < -0.3 is 28.8 Å². The average molecular weight is 481 g/mol. The second-order valence-electron chi connectivity index (χ2n) is 8.06. The first-order chi connectivity index (χ1) is 16.9. The first-order valence-corrected chi connectivity index (χ1v) is 11.3. The van der Waals surface area contributed by atoms with Crippen LogP contribution < -0.4 is 23.7 Å². The Labute approximate surface area is 206 Å². The molecule has 0 bridgehead atoms. The SMILES string of the molecule is COc1cc(CCc2ccc(C(=O)O)c(OC)c2)cc(CCc2cc(OC)c(OC)c(OC)c2)c1. The molecule has 0 saturated carbocycles. The van der Waals surface area contributed by atoms with E-state index in [0.717, 1.165) is 53.7 Å². The van der Waals surface area contributed by atoms with Crippen molar-refractivity contribution in [1.82, 2.24) is 0 Å². The quantitative estimate of drug-likeness (QED) is 0.391. The van der Waals surface area contributed by atoms with E-state index in [2.05, 4.69) is 6.07 Å². The van der Waals surface area contributed by atoms with E-state index in [1.54, 1.807) is 40.6 Å². The Morgan fingerprint density at radius 1 is 0.600 bits per heavy atom. The van der Waals surface area contributed by atoms with E-state index in [1.165, 1.54) is 7.11 Å². The van der Waals surface area contributed by atoms with Crippen LogP contribution in [0.25, 0.3) is 0 Å². The van der Waals surface area contributed by atoms with Gasteiger partial charge in [-0.3, -0.25) is 0 Å². The zero-order valence-electron chi connectivity index (χ0n) is 20.8. The van der Waals surface area contributed by atoms with E-state index in [4.69, 9.17) is 23.7 Å². The third-order valence-corrected chi connectivity index (χ3v) is 5.89. The highest BCUT2D eigenvalue weighted by molar-refractivity contribution is 5.91. The normalized spacial score (nSPS) is 10.5. The number of carboxylic acid groups (broad SMARTS) is 1. The number of carboxylic acids is 1. The van der Waals surface area contributed by atoms with Gasteiger partial charge in [-0.05, 0) is 84.3 Å². The molecular weight excluding hydrogens is 448 g/mol. The van der Waals surface area contributed by atoms with Crippen LogP contribution in [0.4, 0.5) is 0 Å². The van der Waals surface area contributed by atoms with Gasteiger partial charge >= 0.3 is 5.97 Å². The van der Waals surface area contributed by atoms with Gasteiger partial charge in [0, 0.05) is 0 Å². The zero-order chi connectivity index (χ0) is 25.4. The highest BCUT2D eigenvalue weighted by Crippen LogP contribution is 2.38. The van der Waals surface area contributed by atoms with Crippen LogP contribution in [0.5, 0.6) is 28.7 Å². The molecule has 0 unspecified atom stereocenters. The fourth-order valence-electron chi connectivity index (χ4n) is 4.06. The lowest BCUT2D eigenvalue weighted by molar-refractivity contribution is 0.0693. The van der Waals surface area contributed by atoms with Gasteiger partial charge in [0.05, 0.1) is 35.5 Å². The Kier molecular flexibility index (Phi) is 8.84. The highest BCUT2D eigenvalue weighted by Gasteiger charge is 2.14. The maximum atomic E-state index is 11.3. The molecule has 0 atom stereocenters. The number of carbonyl (C=O) groups is 1. The van der Waals surface area contributed by atoms with Gasteiger partial charge in [0.25, 0.3) is 0 Å². The van der Waals surface area contributed by atoms with Crippen LogP contribution in [0.2, 0.25) is 0 Å². The van der Waals surface area contributed by atoms with E-state index in [-0.39, 0.29) is 5.56 Å². The second kappa shape index (κ2) is 12.0. The van der Waals surface area contributed by atoms with Crippen LogP contribution in [0.15, 0.2) is 48.5 Å². The monoisotopic (exact) mass is 480 g/mol. The molecule has 7 nitrogen and oxygen atoms in total. The van der Waals surface area contributed by atoms with Gasteiger partial charge in [0.15, 0.2) is 11.5 Å². The van der Waals surface area contributed by atoms with Gasteiger partial charge in [-0.25, -0.2) is 4.79 Å². The number of aromatic carboxylic acids is 1. The molecule has 0 saturated heterocycles. The standard InChI is InChI=1S/C28H32O7/c1-31-22-13-19(7-6-18-10-11-23(28(29)30)24(15-18)32-2)12-20(14-22)8-9-21-16-25(33-3)27(35-5)26(17-21)34-4/h10-17H,6-9H2,1-5H3,(H,29,30). The fraction of sp³-hybridized carbons (Fsp3) is 0.321. The summed E-state index contributed by atoms with van der Waals surface area (Å²) < 4.78 is 27.1. The third kappa shape index (κ3) is 6.38. The van der Waals surface area contributed by atoms with Crippen molar-refractivity contribution in [2.45, 2.75) is 25.7 Å². The minimum atomic E-state index is -1.00. The minimum Gasteiger partial charge on any atom is -0.497 e. The molecule has 186 valence electrons. The molecule has 7 heteroatoms. The first-order valence-electron chi connectivity index (χ1n) is 11.3. The summed E-state index contributed by atoms with van der Waals surface area (Å²) in [7, 11) is 7.96. The topological polar surface area (TPSA) is 83.5 Å². The minimum absolute atomic E-state index is 0.159. The molecule has 0 spiro atoms. The molecule has 3 aromatic carbocycles.